The maximum atomic E-state index is 11.6. The highest BCUT2D eigenvalue weighted by molar-refractivity contribution is 9.10. The second-order valence-electron chi connectivity index (χ2n) is 6.15. The van der Waals surface area contributed by atoms with E-state index in [2.05, 4.69) is 56.7 Å². The largest absolute Gasteiger partial charge is 0.357 e. The molecule has 2 N–H and O–H groups in total. The van der Waals surface area contributed by atoms with Crippen LogP contribution in [0, 0.1) is 0 Å². The van der Waals surface area contributed by atoms with Crippen LogP contribution in [0.15, 0.2) is 33.7 Å². The van der Waals surface area contributed by atoms with E-state index in [-0.39, 0.29) is 11.9 Å². The number of piperidine rings is 1. The van der Waals surface area contributed by atoms with E-state index in [1.165, 1.54) is 5.56 Å². The fraction of sp³-hybridized carbons (Fsp3) is 0.556. The van der Waals surface area contributed by atoms with Gasteiger partial charge in [0.05, 0.1) is 0 Å². The predicted molar refractivity (Wildman–Crippen MR) is 102 cm³/mol. The van der Waals surface area contributed by atoms with Crippen LogP contribution in [0.5, 0.6) is 0 Å². The number of nitrogens with zero attached hydrogens (tertiary/aromatic N) is 2. The number of benzene rings is 1. The third-order valence-corrected chi connectivity index (χ3v) is 4.59. The minimum Gasteiger partial charge on any atom is -0.357 e. The molecule has 0 spiro atoms. The molecule has 1 aliphatic heterocycles. The van der Waals surface area contributed by atoms with Crippen LogP contribution in [0.4, 0.5) is 0 Å². The number of nitrogens with one attached hydrogen (secondary N) is 2. The van der Waals surface area contributed by atoms with Crippen LogP contribution in [0.25, 0.3) is 0 Å². The second kappa shape index (κ2) is 9.67. The van der Waals surface area contributed by atoms with Gasteiger partial charge in [0.1, 0.15) is 0 Å². The molecule has 1 amide bonds. The van der Waals surface area contributed by atoms with Crippen molar-refractivity contribution in [3.05, 3.63) is 34.3 Å². The monoisotopic (exact) mass is 394 g/mol. The average molecular weight is 395 g/mol. The van der Waals surface area contributed by atoms with Crippen molar-refractivity contribution in [1.82, 2.24) is 15.5 Å². The number of aliphatic imine (C=N–C) groups is 1. The molecule has 1 atom stereocenters. The normalized spacial score (nSPS) is 18.6. The highest BCUT2D eigenvalue weighted by Gasteiger charge is 2.23. The summed E-state index contributed by atoms with van der Waals surface area (Å²) >= 11 is 3.50. The molecule has 1 unspecified atom stereocenters. The molecule has 0 aromatic heterocycles. The summed E-state index contributed by atoms with van der Waals surface area (Å²) in [5.74, 6) is 1.07. The highest BCUT2D eigenvalue weighted by Crippen LogP contribution is 2.13. The number of likely N-dealkylation sites (N-methyl/N-ethyl adjacent to an activating group) is 1. The maximum absolute atomic E-state index is 11.6. The quantitative estimate of drug-likeness (QED) is 0.442. The molecule has 1 aromatic carbocycles. The van der Waals surface area contributed by atoms with Gasteiger partial charge in [0, 0.05) is 43.6 Å². The Labute approximate surface area is 153 Å². The molecule has 2 rings (SSSR count). The summed E-state index contributed by atoms with van der Waals surface area (Å²) in [5, 5.41) is 6.74. The minimum absolute atomic E-state index is 0.226. The summed E-state index contributed by atoms with van der Waals surface area (Å²) in [6.45, 7) is 4.42. The molecule has 0 bridgehead atoms. The molecule has 1 heterocycles. The minimum atomic E-state index is 0.226. The molecular weight excluding hydrogens is 368 g/mol. The van der Waals surface area contributed by atoms with Crippen molar-refractivity contribution in [2.45, 2.75) is 38.6 Å². The number of halogens is 1. The summed E-state index contributed by atoms with van der Waals surface area (Å²) in [5.41, 5.74) is 1.32. The molecule has 1 aromatic rings. The standard InChI is InChI=1S/C18H27BrN4O/c1-3-20-18(22-16-9-10-17(24)23(2)13-16)21-11-5-7-14-6-4-8-15(19)12-14/h4,6,8,12,16H,3,5,7,9-11,13H2,1-2H3,(H2,20,21,22). The van der Waals surface area contributed by atoms with Crippen molar-refractivity contribution >= 4 is 27.8 Å². The second-order valence-corrected chi connectivity index (χ2v) is 7.06. The fourth-order valence-electron chi connectivity index (χ4n) is 2.81. The SMILES string of the molecule is CCNC(=NCCCc1cccc(Br)c1)NC1CCC(=O)N(C)C1. The molecule has 132 valence electrons. The van der Waals surface area contributed by atoms with E-state index in [0.717, 1.165) is 49.3 Å². The molecule has 5 nitrogen and oxygen atoms in total. The number of guanidine groups is 1. The number of rotatable bonds is 6. The number of hydrogen-bond acceptors (Lipinski definition) is 2. The van der Waals surface area contributed by atoms with Gasteiger partial charge < -0.3 is 15.5 Å². The van der Waals surface area contributed by atoms with Gasteiger partial charge in [0.2, 0.25) is 5.91 Å². The van der Waals surface area contributed by atoms with Crippen molar-refractivity contribution in [1.29, 1.82) is 0 Å². The van der Waals surface area contributed by atoms with Crippen molar-refractivity contribution < 1.29 is 4.79 Å². The molecule has 6 heteroatoms. The first kappa shape index (κ1) is 18.8. The Kier molecular flexibility index (Phi) is 7.56. The fourth-order valence-corrected chi connectivity index (χ4v) is 3.26. The van der Waals surface area contributed by atoms with Gasteiger partial charge in [-0.1, -0.05) is 28.1 Å². The Hall–Kier alpha value is -1.56. The van der Waals surface area contributed by atoms with Gasteiger partial charge in [0.25, 0.3) is 0 Å². The zero-order chi connectivity index (χ0) is 17.4. The van der Waals surface area contributed by atoms with Gasteiger partial charge in [0.15, 0.2) is 5.96 Å². The van der Waals surface area contributed by atoms with Crippen molar-refractivity contribution in [2.75, 3.05) is 26.7 Å². The first-order chi connectivity index (χ1) is 11.6. The Morgan fingerprint density at radius 1 is 1.46 bits per heavy atom. The van der Waals surface area contributed by atoms with E-state index in [1.807, 2.05) is 13.1 Å². The Bertz CT molecular complexity index is 576. The number of carbonyl (C=O) groups is 1. The summed E-state index contributed by atoms with van der Waals surface area (Å²) in [7, 11) is 1.86. The Balaban J connectivity index is 1.80. The predicted octanol–water partition coefficient (Wildman–Crippen LogP) is 2.56. The summed E-state index contributed by atoms with van der Waals surface area (Å²) in [6, 6.07) is 8.68. The van der Waals surface area contributed by atoms with Gasteiger partial charge in [-0.25, -0.2) is 0 Å². The third-order valence-electron chi connectivity index (χ3n) is 4.09. The topological polar surface area (TPSA) is 56.7 Å². The lowest BCUT2D eigenvalue weighted by atomic mass is 10.1. The molecule has 1 fully saturated rings. The van der Waals surface area contributed by atoms with E-state index in [1.54, 1.807) is 4.90 Å². The van der Waals surface area contributed by atoms with E-state index in [9.17, 15) is 4.79 Å². The number of hydrogen-bond donors (Lipinski definition) is 2. The van der Waals surface area contributed by atoms with Crippen LogP contribution in [0.1, 0.15) is 31.7 Å². The molecule has 0 radical (unpaired) electrons. The van der Waals surface area contributed by atoms with Crippen molar-refractivity contribution in [2.24, 2.45) is 4.99 Å². The van der Waals surface area contributed by atoms with Crippen LogP contribution < -0.4 is 10.6 Å². The van der Waals surface area contributed by atoms with Crippen molar-refractivity contribution in [3.63, 3.8) is 0 Å². The average Bonchev–Trinajstić information content (AvgIpc) is 2.55. The first-order valence-electron chi connectivity index (χ1n) is 8.61. The van der Waals surface area contributed by atoms with Crippen LogP contribution in [-0.4, -0.2) is 49.5 Å². The maximum Gasteiger partial charge on any atom is 0.222 e. The molecule has 1 aliphatic rings. The summed E-state index contributed by atoms with van der Waals surface area (Å²) in [4.78, 5) is 18.0. The van der Waals surface area contributed by atoms with Gasteiger partial charge in [-0.3, -0.25) is 9.79 Å². The molecule has 0 aliphatic carbocycles. The Morgan fingerprint density at radius 2 is 2.29 bits per heavy atom. The van der Waals surface area contributed by atoms with Gasteiger partial charge in [-0.2, -0.15) is 0 Å². The number of amides is 1. The first-order valence-corrected chi connectivity index (χ1v) is 9.41. The lowest BCUT2D eigenvalue weighted by Crippen LogP contribution is -2.51. The number of carbonyl (C=O) groups excluding carboxylic acids is 1. The van der Waals surface area contributed by atoms with Crippen LogP contribution >= 0.6 is 15.9 Å². The van der Waals surface area contributed by atoms with Crippen molar-refractivity contribution in [3.8, 4) is 0 Å². The summed E-state index contributed by atoms with van der Waals surface area (Å²) in [6.07, 6.45) is 3.50. The lowest BCUT2D eigenvalue weighted by Gasteiger charge is -2.31. The number of aryl methyl sites for hydroxylation is 1. The zero-order valence-corrected chi connectivity index (χ0v) is 16.1. The van der Waals surface area contributed by atoms with Gasteiger partial charge in [-0.15, -0.1) is 0 Å². The smallest absolute Gasteiger partial charge is 0.222 e. The molecule has 24 heavy (non-hydrogen) atoms. The van der Waals surface area contributed by atoms with E-state index < -0.39 is 0 Å². The summed E-state index contributed by atoms with van der Waals surface area (Å²) < 4.78 is 1.12. The number of likely N-dealkylation sites (tertiary alicyclic amines) is 1. The molecule has 0 saturated carbocycles. The lowest BCUT2D eigenvalue weighted by molar-refractivity contribution is -0.132. The van der Waals surface area contributed by atoms with Crippen LogP contribution in [0.3, 0.4) is 0 Å². The van der Waals surface area contributed by atoms with Crippen LogP contribution in [0.2, 0.25) is 0 Å². The van der Waals surface area contributed by atoms with E-state index in [0.29, 0.717) is 6.42 Å². The van der Waals surface area contributed by atoms with Gasteiger partial charge in [-0.05, 0) is 43.9 Å². The molecule has 1 saturated heterocycles. The van der Waals surface area contributed by atoms with Gasteiger partial charge >= 0.3 is 0 Å². The highest BCUT2D eigenvalue weighted by atomic mass is 79.9. The van der Waals surface area contributed by atoms with E-state index in [4.69, 9.17) is 0 Å². The van der Waals surface area contributed by atoms with E-state index >= 15 is 0 Å². The molecular formula is C18H27BrN4O. The van der Waals surface area contributed by atoms with Crippen LogP contribution in [-0.2, 0) is 11.2 Å². The third kappa shape index (κ3) is 6.15. The zero-order valence-electron chi connectivity index (χ0n) is 14.5. The Morgan fingerprint density at radius 3 is 3.00 bits per heavy atom.